The van der Waals surface area contributed by atoms with Crippen LogP contribution in [0, 0.1) is 54.9 Å². The largest absolute Gasteiger partial charge is 4.00 e. The summed E-state index contributed by atoms with van der Waals surface area (Å²) in [4.78, 5) is 0. The van der Waals surface area contributed by atoms with Crippen LogP contribution in [0.3, 0.4) is 0 Å². The summed E-state index contributed by atoms with van der Waals surface area (Å²) in [7, 11) is 0. The van der Waals surface area contributed by atoms with Crippen LogP contribution in [-0.2, 0) is 44.1 Å². The number of benzene rings is 1. The van der Waals surface area contributed by atoms with Gasteiger partial charge in [0.25, 0.3) is 0 Å². The molecule has 0 heterocycles. The Hall–Kier alpha value is -0.950. The van der Waals surface area contributed by atoms with E-state index in [0.29, 0.717) is 5.41 Å². The molecular formula is C32H48Hf. The molecule has 0 bridgehead atoms. The van der Waals surface area contributed by atoms with Gasteiger partial charge in [-0.2, -0.15) is 33.9 Å². The molecule has 4 rings (SSSR count). The molecule has 1 aliphatic carbocycles. The zero-order valence-electron chi connectivity index (χ0n) is 23.6. The van der Waals surface area contributed by atoms with Gasteiger partial charge in [-0.1, -0.05) is 80.4 Å². The van der Waals surface area contributed by atoms with Crippen LogP contribution in [0.25, 0.3) is 10.8 Å². The van der Waals surface area contributed by atoms with Crippen molar-refractivity contribution in [3.05, 3.63) is 83.6 Å². The van der Waals surface area contributed by atoms with Crippen LogP contribution in [0.1, 0.15) is 92.0 Å². The fourth-order valence-electron chi connectivity index (χ4n) is 5.35. The zero-order chi connectivity index (χ0) is 22.4. The summed E-state index contributed by atoms with van der Waals surface area (Å²) in [6, 6.07) is 9.60. The van der Waals surface area contributed by atoms with Crippen molar-refractivity contribution >= 4 is 10.8 Å². The Labute approximate surface area is 225 Å². The Kier molecular flexibility index (Phi) is 11.3. The molecule has 0 amide bonds. The molecule has 33 heavy (non-hydrogen) atoms. The van der Waals surface area contributed by atoms with Gasteiger partial charge < -0.3 is 14.9 Å². The SMILES string of the molecule is CCC1(CC)Cc2cc3cc[c-](C(C)(C)C)c3cc2C1.Cc1c(C)c(C)[c-](C)c1C.[CH3-].[CH3-].[Hf+4]. The van der Waals surface area contributed by atoms with E-state index in [1.54, 1.807) is 11.1 Å². The van der Waals surface area contributed by atoms with E-state index in [1.165, 1.54) is 69.8 Å². The fraction of sp³-hybridized carbons (Fsp3) is 0.500. The van der Waals surface area contributed by atoms with Crippen molar-refractivity contribution in [2.75, 3.05) is 0 Å². The van der Waals surface area contributed by atoms with E-state index >= 15 is 0 Å². The third-order valence-corrected chi connectivity index (χ3v) is 8.34. The molecule has 0 fully saturated rings. The average molecular weight is 611 g/mol. The number of fused-ring (bicyclic) bond motifs is 2. The normalized spacial score (nSPS) is 13.9. The van der Waals surface area contributed by atoms with Gasteiger partial charge >= 0.3 is 25.8 Å². The second kappa shape index (κ2) is 11.7. The van der Waals surface area contributed by atoms with E-state index in [1.807, 2.05) is 0 Å². The topological polar surface area (TPSA) is 0 Å². The Morgan fingerprint density at radius 3 is 1.67 bits per heavy atom. The molecule has 0 nitrogen and oxygen atoms in total. The van der Waals surface area contributed by atoms with E-state index in [0.717, 1.165) is 0 Å². The first-order valence-corrected chi connectivity index (χ1v) is 11.9. The molecular weight excluding hydrogens is 563 g/mol. The van der Waals surface area contributed by atoms with Crippen LogP contribution < -0.4 is 0 Å². The van der Waals surface area contributed by atoms with Crippen LogP contribution in [0.2, 0.25) is 0 Å². The van der Waals surface area contributed by atoms with Gasteiger partial charge in [0.2, 0.25) is 0 Å². The second-order valence-corrected chi connectivity index (χ2v) is 10.9. The first-order valence-electron chi connectivity index (χ1n) is 11.9. The molecule has 0 aromatic heterocycles. The Morgan fingerprint density at radius 2 is 1.30 bits per heavy atom. The summed E-state index contributed by atoms with van der Waals surface area (Å²) in [5.41, 5.74) is 12.8. The van der Waals surface area contributed by atoms with Crippen molar-refractivity contribution in [1.82, 2.24) is 0 Å². The molecule has 0 radical (unpaired) electrons. The molecule has 1 heteroatoms. The van der Waals surface area contributed by atoms with Crippen molar-refractivity contribution < 1.29 is 25.8 Å². The van der Waals surface area contributed by atoms with Crippen molar-refractivity contribution in [1.29, 1.82) is 0 Å². The molecule has 3 aromatic rings. The summed E-state index contributed by atoms with van der Waals surface area (Å²) >= 11 is 0. The molecule has 0 spiro atoms. The molecule has 0 atom stereocenters. The number of hydrogen-bond donors (Lipinski definition) is 0. The van der Waals surface area contributed by atoms with E-state index in [-0.39, 0.29) is 46.1 Å². The van der Waals surface area contributed by atoms with Gasteiger partial charge in [-0.05, 0) is 36.5 Å². The van der Waals surface area contributed by atoms with Crippen molar-refractivity contribution in [3.63, 3.8) is 0 Å². The minimum absolute atomic E-state index is 0. The third kappa shape index (κ3) is 6.01. The van der Waals surface area contributed by atoms with Crippen molar-refractivity contribution in [3.8, 4) is 0 Å². The number of hydrogen-bond acceptors (Lipinski definition) is 0. The third-order valence-electron chi connectivity index (χ3n) is 8.34. The first kappa shape index (κ1) is 32.1. The Balaban J connectivity index is 0.000000681. The maximum atomic E-state index is 2.50. The van der Waals surface area contributed by atoms with Gasteiger partial charge in [-0.15, -0.1) is 34.5 Å². The van der Waals surface area contributed by atoms with Gasteiger partial charge in [-0.3, -0.25) is 0 Å². The van der Waals surface area contributed by atoms with Gasteiger partial charge in [0.05, 0.1) is 0 Å². The van der Waals surface area contributed by atoms with Gasteiger partial charge in [0.1, 0.15) is 0 Å². The molecule has 0 unspecified atom stereocenters. The summed E-state index contributed by atoms with van der Waals surface area (Å²) in [6.07, 6.45) is 5.16. The minimum Gasteiger partial charge on any atom is -0.358 e. The molecule has 0 N–H and O–H groups in total. The average Bonchev–Trinajstić information content (AvgIpc) is 3.33. The minimum atomic E-state index is 0. The van der Waals surface area contributed by atoms with Crippen LogP contribution in [0.15, 0.2) is 24.3 Å². The van der Waals surface area contributed by atoms with Crippen LogP contribution in [-0.4, -0.2) is 0 Å². The summed E-state index contributed by atoms with van der Waals surface area (Å²) in [5, 5.41) is 2.93. The van der Waals surface area contributed by atoms with Crippen LogP contribution in [0.5, 0.6) is 0 Å². The van der Waals surface area contributed by atoms with Crippen LogP contribution >= 0.6 is 0 Å². The molecule has 0 aliphatic heterocycles. The Morgan fingerprint density at radius 1 is 0.848 bits per heavy atom. The summed E-state index contributed by atoms with van der Waals surface area (Å²) in [6.45, 7) is 22.7. The van der Waals surface area contributed by atoms with Gasteiger partial charge in [0.15, 0.2) is 0 Å². The monoisotopic (exact) mass is 612 g/mol. The van der Waals surface area contributed by atoms with Gasteiger partial charge in [0, 0.05) is 0 Å². The molecule has 1 aliphatic rings. The molecule has 180 valence electrons. The first-order chi connectivity index (χ1) is 13.9. The predicted molar refractivity (Wildman–Crippen MR) is 147 cm³/mol. The maximum absolute atomic E-state index is 2.50. The zero-order valence-corrected chi connectivity index (χ0v) is 27.2. The quantitative estimate of drug-likeness (QED) is 0.200. The standard InChI is InChI=1S/C20H27.C10H15.2CH3.Hf/c1-6-20(7-2)12-15-10-14-8-9-18(19(3,4)5)17(14)11-16(15)13-20;1-6-7(2)9(4)10(5)8(6)3;;;/h8-11H,6-7,12-13H2,1-5H3;1-5H3;2*1H3;/q4*-1;+4. The molecule has 0 saturated heterocycles. The predicted octanol–water partition coefficient (Wildman–Crippen LogP) is 9.61. The van der Waals surface area contributed by atoms with Gasteiger partial charge in [-0.25, -0.2) is 0 Å². The van der Waals surface area contributed by atoms with Crippen molar-refractivity contribution in [2.45, 2.75) is 100 Å². The van der Waals surface area contributed by atoms with E-state index in [9.17, 15) is 0 Å². The van der Waals surface area contributed by atoms with E-state index in [4.69, 9.17) is 0 Å². The molecule has 3 aromatic carbocycles. The Bertz CT molecular complexity index is 964. The smallest absolute Gasteiger partial charge is 0.358 e. The van der Waals surface area contributed by atoms with Crippen LogP contribution in [0.4, 0.5) is 0 Å². The fourth-order valence-corrected chi connectivity index (χ4v) is 5.35. The molecule has 0 saturated carbocycles. The van der Waals surface area contributed by atoms with E-state index < -0.39 is 0 Å². The summed E-state index contributed by atoms with van der Waals surface area (Å²) in [5.74, 6) is 0. The summed E-state index contributed by atoms with van der Waals surface area (Å²) < 4.78 is 0. The van der Waals surface area contributed by atoms with E-state index in [2.05, 4.69) is 93.5 Å². The second-order valence-electron chi connectivity index (χ2n) is 10.9. The maximum Gasteiger partial charge on any atom is 4.00 e. The van der Waals surface area contributed by atoms with Crippen molar-refractivity contribution in [2.24, 2.45) is 5.41 Å². The number of rotatable bonds is 2.